The van der Waals surface area contributed by atoms with E-state index in [-0.39, 0.29) is 5.91 Å². The minimum absolute atomic E-state index is 0.0952. The highest BCUT2D eigenvalue weighted by molar-refractivity contribution is 6.06. The Labute approximate surface area is 211 Å². The quantitative estimate of drug-likeness (QED) is 0.309. The van der Waals surface area contributed by atoms with Crippen LogP contribution in [0.4, 0.5) is 17.2 Å². The summed E-state index contributed by atoms with van der Waals surface area (Å²) in [6.45, 7) is 5.00. The molecule has 0 unspecified atom stereocenters. The maximum Gasteiger partial charge on any atom is 0.254 e. The van der Waals surface area contributed by atoms with Gasteiger partial charge in [-0.2, -0.15) is 0 Å². The number of pyridine rings is 1. The molecule has 184 valence electrons. The largest absolute Gasteiger partial charge is 0.369 e. The van der Waals surface area contributed by atoms with Gasteiger partial charge in [0.25, 0.3) is 5.91 Å². The zero-order valence-electron chi connectivity index (χ0n) is 20.4. The Morgan fingerprint density at radius 1 is 1.08 bits per heavy atom. The number of fused-ring (bicyclic) bond motifs is 1. The van der Waals surface area contributed by atoms with Gasteiger partial charge in [0.15, 0.2) is 0 Å². The molecule has 5 rings (SSSR count). The molecule has 0 aliphatic carbocycles. The third-order valence-corrected chi connectivity index (χ3v) is 6.43. The van der Waals surface area contributed by atoms with Crippen molar-refractivity contribution >= 4 is 23.1 Å². The molecule has 0 atom stereocenters. The smallest absolute Gasteiger partial charge is 0.254 e. The Hall–Kier alpha value is -4.17. The van der Waals surface area contributed by atoms with E-state index in [1.54, 1.807) is 6.33 Å². The van der Waals surface area contributed by atoms with Crippen molar-refractivity contribution in [2.45, 2.75) is 26.3 Å². The number of hydrogen-bond donors (Lipinski definition) is 3. The number of anilines is 3. The van der Waals surface area contributed by atoms with Crippen LogP contribution in [0.5, 0.6) is 0 Å². The Balaban J connectivity index is 1.40. The van der Waals surface area contributed by atoms with E-state index in [0.29, 0.717) is 24.5 Å². The number of nitrogens with zero attached hydrogens (tertiary/aromatic N) is 4. The first kappa shape index (κ1) is 23.6. The molecule has 2 aromatic heterocycles. The van der Waals surface area contributed by atoms with E-state index in [1.165, 1.54) is 0 Å². The van der Waals surface area contributed by atoms with Gasteiger partial charge in [0.05, 0.1) is 35.2 Å². The topological polar surface area (TPSA) is 101 Å². The number of nitrogens with one attached hydrogen (secondary N) is 2. The number of unbranched alkanes of at least 4 members (excludes halogenated alkanes) is 1. The van der Waals surface area contributed by atoms with Crippen LogP contribution in [0.1, 0.15) is 35.7 Å². The van der Waals surface area contributed by atoms with Gasteiger partial charge in [0.2, 0.25) is 0 Å². The fourth-order valence-corrected chi connectivity index (χ4v) is 4.56. The lowest BCUT2D eigenvalue weighted by Gasteiger charge is -2.24. The highest BCUT2D eigenvalue weighted by atomic mass is 16.1. The predicted molar refractivity (Wildman–Crippen MR) is 144 cm³/mol. The molecule has 8 heteroatoms. The zero-order chi connectivity index (χ0) is 24.9. The monoisotopic (exact) mass is 481 g/mol. The minimum atomic E-state index is -0.0952. The summed E-state index contributed by atoms with van der Waals surface area (Å²) >= 11 is 0. The highest BCUT2D eigenvalue weighted by Gasteiger charge is 2.27. The van der Waals surface area contributed by atoms with E-state index in [4.69, 9.17) is 5.73 Å². The van der Waals surface area contributed by atoms with Crippen molar-refractivity contribution in [3.63, 3.8) is 0 Å². The predicted octanol–water partition coefficient (Wildman–Crippen LogP) is 4.49. The van der Waals surface area contributed by atoms with Crippen LogP contribution in [0, 0.1) is 0 Å². The molecule has 0 spiro atoms. The van der Waals surface area contributed by atoms with Gasteiger partial charge in [-0.3, -0.25) is 4.79 Å². The van der Waals surface area contributed by atoms with Crippen molar-refractivity contribution in [3.8, 4) is 16.9 Å². The molecule has 0 fully saturated rings. The summed E-state index contributed by atoms with van der Waals surface area (Å²) in [5, 5.41) is 6.31. The van der Waals surface area contributed by atoms with Gasteiger partial charge in [-0.1, -0.05) is 37.6 Å². The van der Waals surface area contributed by atoms with E-state index < -0.39 is 0 Å². The Morgan fingerprint density at radius 2 is 1.94 bits per heavy atom. The third-order valence-electron chi connectivity index (χ3n) is 6.43. The number of carbonyl (C=O) groups excluding carboxylic acids is 1. The molecule has 4 aromatic rings. The summed E-state index contributed by atoms with van der Waals surface area (Å²) < 4.78 is 1.98. The van der Waals surface area contributed by atoms with E-state index in [1.807, 2.05) is 71.6 Å². The summed E-state index contributed by atoms with van der Waals surface area (Å²) in [6, 6.07) is 18.0. The van der Waals surface area contributed by atoms with Crippen LogP contribution in [0.25, 0.3) is 16.9 Å². The normalized spacial score (nSPS) is 12.3. The molecule has 3 heterocycles. The maximum absolute atomic E-state index is 12.8. The van der Waals surface area contributed by atoms with Crippen molar-refractivity contribution in [2.75, 3.05) is 29.9 Å². The third kappa shape index (κ3) is 4.81. The molecule has 1 aliphatic rings. The summed E-state index contributed by atoms with van der Waals surface area (Å²) in [6.07, 6.45) is 7.89. The molecular formula is C28H31N7O. The Kier molecular flexibility index (Phi) is 6.95. The number of hydrogen-bond acceptors (Lipinski definition) is 6. The minimum Gasteiger partial charge on any atom is -0.369 e. The second kappa shape index (κ2) is 10.6. The fourth-order valence-electron chi connectivity index (χ4n) is 4.56. The SMILES string of the molecule is CCCCN(CCN)c1ccc(Nc2ccc(-c3cn(-c4ccccc4)cn3)c3c2C(=O)NC3)nc1. The average Bonchev–Trinajstić information content (AvgIpc) is 3.56. The van der Waals surface area contributed by atoms with Crippen molar-refractivity contribution in [1.29, 1.82) is 0 Å². The average molecular weight is 482 g/mol. The van der Waals surface area contributed by atoms with Crippen LogP contribution >= 0.6 is 0 Å². The summed E-state index contributed by atoms with van der Waals surface area (Å²) in [4.78, 5) is 24.3. The van der Waals surface area contributed by atoms with Crippen LogP contribution < -0.4 is 21.3 Å². The molecule has 0 saturated carbocycles. The highest BCUT2D eigenvalue weighted by Crippen LogP contribution is 2.34. The molecule has 4 N–H and O–H groups in total. The number of nitrogens with two attached hydrogens (primary N) is 1. The van der Waals surface area contributed by atoms with Gasteiger partial charge in [0, 0.05) is 43.6 Å². The molecule has 0 radical (unpaired) electrons. The van der Waals surface area contributed by atoms with E-state index >= 15 is 0 Å². The van der Waals surface area contributed by atoms with Gasteiger partial charge in [-0.05, 0) is 42.3 Å². The van der Waals surface area contributed by atoms with Crippen LogP contribution in [-0.2, 0) is 6.54 Å². The number of benzene rings is 2. The van der Waals surface area contributed by atoms with Crippen molar-refractivity contribution in [3.05, 3.63) is 84.4 Å². The number of carbonyl (C=O) groups is 1. The van der Waals surface area contributed by atoms with Crippen molar-refractivity contribution in [1.82, 2.24) is 19.9 Å². The second-order valence-corrected chi connectivity index (χ2v) is 8.85. The number of para-hydroxylation sites is 1. The van der Waals surface area contributed by atoms with E-state index in [2.05, 4.69) is 32.4 Å². The van der Waals surface area contributed by atoms with Gasteiger partial charge in [-0.25, -0.2) is 9.97 Å². The molecule has 2 aromatic carbocycles. The second-order valence-electron chi connectivity index (χ2n) is 8.85. The van der Waals surface area contributed by atoms with Crippen molar-refractivity contribution < 1.29 is 4.79 Å². The van der Waals surface area contributed by atoms with E-state index in [9.17, 15) is 4.79 Å². The molecule has 1 amide bonds. The standard InChI is InChI=1S/C28H31N7O/c1-2-3-14-34(15-13-29)21-9-12-26(30-16-21)33-24-11-10-22(23-17-31-28(36)27(23)24)25-18-35(19-32-25)20-7-5-4-6-8-20/h4-12,16,18-19H,2-3,13-15,17,29H2,1H3,(H,30,33)(H,31,36). The molecule has 0 saturated heterocycles. The van der Waals surface area contributed by atoms with Gasteiger partial charge in [-0.15, -0.1) is 0 Å². The van der Waals surface area contributed by atoms with Gasteiger partial charge >= 0.3 is 0 Å². The first-order valence-corrected chi connectivity index (χ1v) is 12.4. The number of aromatic nitrogens is 3. The number of amides is 1. The van der Waals surface area contributed by atoms with Crippen molar-refractivity contribution in [2.24, 2.45) is 5.73 Å². The van der Waals surface area contributed by atoms with Crippen LogP contribution in [-0.4, -0.2) is 40.1 Å². The lowest BCUT2D eigenvalue weighted by molar-refractivity contribution is 0.0966. The number of rotatable bonds is 10. The summed E-state index contributed by atoms with van der Waals surface area (Å²) in [5.41, 5.74) is 12.0. The molecular weight excluding hydrogens is 450 g/mol. The van der Waals surface area contributed by atoms with Gasteiger partial charge < -0.3 is 25.8 Å². The van der Waals surface area contributed by atoms with Crippen LogP contribution in [0.3, 0.4) is 0 Å². The first-order valence-electron chi connectivity index (χ1n) is 12.4. The zero-order valence-corrected chi connectivity index (χ0v) is 20.4. The summed E-state index contributed by atoms with van der Waals surface area (Å²) in [5.74, 6) is 0.590. The molecule has 36 heavy (non-hydrogen) atoms. The van der Waals surface area contributed by atoms with Crippen LogP contribution in [0.15, 0.2) is 73.3 Å². The molecule has 1 aliphatic heterocycles. The maximum atomic E-state index is 12.8. The lowest BCUT2D eigenvalue weighted by Crippen LogP contribution is -2.30. The Morgan fingerprint density at radius 3 is 2.69 bits per heavy atom. The molecule has 0 bridgehead atoms. The fraction of sp³-hybridized carbons (Fsp3) is 0.250. The summed E-state index contributed by atoms with van der Waals surface area (Å²) in [7, 11) is 0. The lowest BCUT2D eigenvalue weighted by atomic mass is 9.99. The van der Waals surface area contributed by atoms with Crippen LogP contribution in [0.2, 0.25) is 0 Å². The molecule has 8 nitrogen and oxygen atoms in total. The van der Waals surface area contributed by atoms with Gasteiger partial charge in [0.1, 0.15) is 5.82 Å². The Bertz CT molecular complexity index is 1330. The van der Waals surface area contributed by atoms with E-state index in [0.717, 1.165) is 59.8 Å². The first-order chi connectivity index (χ1) is 17.7. The number of imidazole rings is 1.